The van der Waals surface area contributed by atoms with Crippen molar-refractivity contribution >= 4 is 11.8 Å². The van der Waals surface area contributed by atoms with Crippen LogP contribution in [0.4, 0.5) is 0 Å². The molecule has 18 heavy (non-hydrogen) atoms. The SMILES string of the molecule is COc1ccc(CSC2CCn3cnnc32)cc1. The maximum Gasteiger partial charge on any atom is 0.146 e. The van der Waals surface area contributed by atoms with Gasteiger partial charge in [0, 0.05) is 12.3 Å². The molecule has 0 N–H and O–H groups in total. The van der Waals surface area contributed by atoms with Gasteiger partial charge >= 0.3 is 0 Å². The normalized spacial score (nSPS) is 17.7. The number of hydrogen-bond donors (Lipinski definition) is 0. The summed E-state index contributed by atoms with van der Waals surface area (Å²) in [7, 11) is 1.69. The minimum absolute atomic E-state index is 0.481. The molecule has 94 valence electrons. The lowest BCUT2D eigenvalue weighted by molar-refractivity contribution is 0.414. The summed E-state index contributed by atoms with van der Waals surface area (Å²) in [5, 5.41) is 8.63. The summed E-state index contributed by atoms with van der Waals surface area (Å²) in [5.74, 6) is 3.03. The number of thioether (sulfide) groups is 1. The van der Waals surface area contributed by atoms with E-state index in [0.717, 1.165) is 30.3 Å². The molecule has 1 atom stereocenters. The van der Waals surface area contributed by atoms with Crippen molar-refractivity contribution in [3.8, 4) is 5.75 Å². The Balaban J connectivity index is 1.61. The highest BCUT2D eigenvalue weighted by molar-refractivity contribution is 7.98. The zero-order valence-corrected chi connectivity index (χ0v) is 11.1. The summed E-state index contributed by atoms with van der Waals surface area (Å²) < 4.78 is 7.30. The van der Waals surface area contributed by atoms with Gasteiger partial charge in [-0.25, -0.2) is 0 Å². The molecule has 5 heteroatoms. The van der Waals surface area contributed by atoms with E-state index in [1.807, 2.05) is 30.2 Å². The fourth-order valence-corrected chi connectivity index (χ4v) is 3.34. The number of methoxy groups -OCH3 is 1. The molecular formula is C13H15N3OS. The second-order valence-electron chi connectivity index (χ2n) is 4.32. The quantitative estimate of drug-likeness (QED) is 0.848. The Morgan fingerprint density at radius 3 is 3.00 bits per heavy atom. The topological polar surface area (TPSA) is 39.9 Å². The van der Waals surface area contributed by atoms with Crippen LogP contribution in [0.25, 0.3) is 0 Å². The summed E-state index contributed by atoms with van der Waals surface area (Å²) in [6.45, 7) is 1.04. The average molecular weight is 261 g/mol. The van der Waals surface area contributed by atoms with E-state index in [-0.39, 0.29) is 0 Å². The highest BCUT2D eigenvalue weighted by Gasteiger charge is 2.24. The van der Waals surface area contributed by atoms with Crippen molar-refractivity contribution in [2.75, 3.05) is 7.11 Å². The predicted molar refractivity (Wildman–Crippen MR) is 71.7 cm³/mol. The first kappa shape index (κ1) is 11.6. The van der Waals surface area contributed by atoms with E-state index in [1.54, 1.807) is 7.11 Å². The third-order valence-electron chi connectivity index (χ3n) is 3.18. The lowest BCUT2D eigenvalue weighted by Gasteiger charge is -2.08. The molecule has 0 amide bonds. The molecule has 1 aliphatic rings. The highest BCUT2D eigenvalue weighted by atomic mass is 32.2. The average Bonchev–Trinajstić information content (AvgIpc) is 3.00. The van der Waals surface area contributed by atoms with Crippen molar-refractivity contribution in [2.24, 2.45) is 0 Å². The van der Waals surface area contributed by atoms with Gasteiger partial charge in [-0.1, -0.05) is 12.1 Å². The number of benzene rings is 1. The highest BCUT2D eigenvalue weighted by Crippen LogP contribution is 2.37. The van der Waals surface area contributed by atoms with Crippen LogP contribution in [-0.2, 0) is 12.3 Å². The van der Waals surface area contributed by atoms with Gasteiger partial charge in [-0.15, -0.1) is 22.0 Å². The largest absolute Gasteiger partial charge is 0.497 e. The number of rotatable bonds is 4. The molecule has 0 bridgehead atoms. The second kappa shape index (κ2) is 5.02. The summed E-state index contributed by atoms with van der Waals surface area (Å²) in [6.07, 6.45) is 2.98. The van der Waals surface area contributed by atoms with Crippen molar-refractivity contribution in [1.82, 2.24) is 14.8 Å². The zero-order chi connectivity index (χ0) is 12.4. The Hall–Kier alpha value is -1.49. The molecule has 1 aromatic heterocycles. The molecule has 0 spiro atoms. The molecular weight excluding hydrogens is 246 g/mol. The third kappa shape index (κ3) is 2.22. The van der Waals surface area contributed by atoms with Crippen molar-refractivity contribution in [3.63, 3.8) is 0 Å². The molecule has 1 aromatic carbocycles. The number of hydrogen-bond acceptors (Lipinski definition) is 4. The molecule has 0 radical (unpaired) electrons. The van der Waals surface area contributed by atoms with Crippen molar-refractivity contribution < 1.29 is 4.74 Å². The van der Waals surface area contributed by atoms with Crippen LogP contribution in [-0.4, -0.2) is 21.9 Å². The zero-order valence-electron chi connectivity index (χ0n) is 10.2. The van der Waals surface area contributed by atoms with Crippen LogP contribution in [0.3, 0.4) is 0 Å². The van der Waals surface area contributed by atoms with E-state index in [4.69, 9.17) is 4.74 Å². The smallest absolute Gasteiger partial charge is 0.146 e. The first-order valence-corrected chi connectivity index (χ1v) is 7.04. The number of ether oxygens (including phenoxy) is 1. The molecule has 2 heterocycles. The van der Waals surface area contributed by atoms with Gasteiger partial charge < -0.3 is 9.30 Å². The van der Waals surface area contributed by atoms with Gasteiger partial charge in [0.15, 0.2) is 0 Å². The molecule has 2 aromatic rings. The van der Waals surface area contributed by atoms with Crippen LogP contribution in [0.5, 0.6) is 5.75 Å². The number of fused-ring (bicyclic) bond motifs is 1. The number of nitrogens with zero attached hydrogens (tertiary/aromatic N) is 3. The maximum absolute atomic E-state index is 5.15. The first-order chi connectivity index (χ1) is 8.86. The van der Waals surface area contributed by atoms with Gasteiger partial charge in [0.2, 0.25) is 0 Å². The van der Waals surface area contributed by atoms with Gasteiger partial charge in [-0.2, -0.15) is 0 Å². The summed E-state index contributed by atoms with van der Waals surface area (Å²) in [4.78, 5) is 0. The molecule has 0 saturated heterocycles. The molecule has 3 rings (SSSR count). The standard InChI is InChI=1S/C13H15N3OS/c1-17-11-4-2-10(3-5-11)8-18-12-6-7-16-9-14-15-13(12)16/h2-5,9,12H,6-8H2,1H3. The summed E-state index contributed by atoms with van der Waals surface area (Å²) in [5.41, 5.74) is 1.32. The number of aryl methyl sites for hydroxylation is 1. The number of aromatic nitrogens is 3. The van der Waals surface area contributed by atoms with E-state index in [2.05, 4.69) is 26.9 Å². The Kier molecular flexibility index (Phi) is 3.23. The van der Waals surface area contributed by atoms with Gasteiger partial charge in [0.25, 0.3) is 0 Å². The van der Waals surface area contributed by atoms with Crippen LogP contribution in [0.1, 0.15) is 23.1 Å². The monoisotopic (exact) mass is 261 g/mol. The second-order valence-corrected chi connectivity index (χ2v) is 5.51. The Morgan fingerprint density at radius 2 is 2.22 bits per heavy atom. The molecule has 0 fully saturated rings. The van der Waals surface area contributed by atoms with E-state index < -0.39 is 0 Å². The lowest BCUT2D eigenvalue weighted by atomic mass is 10.2. The minimum atomic E-state index is 0.481. The van der Waals surface area contributed by atoms with Gasteiger partial charge in [-0.05, 0) is 24.1 Å². The van der Waals surface area contributed by atoms with Crippen LogP contribution < -0.4 is 4.74 Å². The van der Waals surface area contributed by atoms with E-state index >= 15 is 0 Å². The third-order valence-corrected chi connectivity index (χ3v) is 4.52. The molecule has 0 saturated carbocycles. The fraction of sp³-hybridized carbons (Fsp3) is 0.385. The van der Waals surface area contributed by atoms with Gasteiger partial charge in [-0.3, -0.25) is 0 Å². The van der Waals surface area contributed by atoms with Crippen LogP contribution in [0.2, 0.25) is 0 Å². The first-order valence-electron chi connectivity index (χ1n) is 5.99. The Bertz CT molecular complexity index is 523. The predicted octanol–water partition coefficient (Wildman–Crippen LogP) is 2.66. The molecule has 1 aliphatic heterocycles. The van der Waals surface area contributed by atoms with E-state index in [9.17, 15) is 0 Å². The van der Waals surface area contributed by atoms with Crippen molar-refractivity contribution in [1.29, 1.82) is 0 Å². The maximum atomic E-state index is 5.15. The van der Waals surface area contributed by atoms with Crippen molar-refractivity contribution in [3.05, 3.63) is 42.0 Å². The molecule has 4 nitrogen and oxygen atoms in total. The lowest BCUT2D eigenvalue weighted by Crippen LogP contribution is -1.93. The Morgan fingerprint density at radius 1 is 1.39 bits per heavy atom. The van der Waals surface area contributed by atoms with Crippen LogP contribution in [0.15, 0.2) is 30.6 Å². The fourth-order valence-electron chi connectivity index (χ4n) is 2.15. The van der Waals surface area contributed by atoms with Crippen molar-refractivity contribution in [2.45, 2.75) is 24.0 Å². The Labute approximate surface area is 110 Å². The summed E-state index contributed by atoms with van der Waals surface area (Å²) >= 11 is 1.93. The summed E-state index contributed by atoms with van der Waals surface area (Å²) in [6, 6.07) is 8.25. The van der Waals surface area contributed by atoms with E-state index in [1.165, 1.54) is 5.56 Å². The minimum Gasteiger partial charge on any atom is -0.497 e. The molecule has 0 aliphatic carbocycles. The van der Waals surface area contributed by atoms with Gasteiger partial charge in [0.05, 0.1) is 12.4 Å². The van der Waals surface area contributed by atoms with Crippen LogP contribution in [0, 0.1) is 0 Å². The van der Waals surface area contributed by atoms with Gasteiger partial charge in [0.1, 0.15) is 17.9 Å². The van der Waals surface area contributed by atoms with E-state index in [0.29, 0.717) is 5.25 Å². The molecule has 1 unspecified atom stereocenters. The van der Waals surface area contributed by atoms with Crippen LogP contribution >= 0.6 is 11.8 Å².